The molecule has 0 saturated carbocycles. The average Bonchev–Trinajstić information content (AvgIpc) is 3.32. The van der Waals surface area contributed by atoms with Crippen LogP contribution in [-0.4, -0.2) is 46.4 Å². The monoisotopic (exact) mass is 515 g/mol. The number of hydrogen-bond acceptors (Lipinski definition) is 5. The number of carbonyl (C=O) groups excluding carboxylic acids is 1. The highest BCUT2D eigenvalue weighted by molar-refractivity contribution is 7.22. The fourth-order valence-electron chi connectivity index (χ4n) is 4.15. The SMILES string of the molecule is N#C/N=C(/Nc1nc2ccccc2s1)N1CCN(C(=O)Nc2ccc(Cl)cc2)C(c2ccccc2)C1. The third-order valence-corrected chi connectivity index (χ3v) is 7.09. The van der Waals surface area contributed by atoms with Gasteiger partial charge >= 0.3 is 6.03 Å². The molecule has 0 bridgehead atoms. The average molecular weight is 516 g/mol. The summed E-state index contributed by atoms with van der Waals surface area (Å²) in [4.78, 5) is 25.7. The smallest absolute Gasteiger partial charge is 0.322 e. The molecule has 2 heterocycles. The molecule has 0 aliphatic carbocycles. The van der Waals surface area contributed by atoms with Crippen molar-refractivity contribution in [1.29, 1.82) is 5.26 Å². The second-order valence-electron chi connectivity index (χ2n) is 8.15. The standard InChI is InChI=1S/C26H22ClN7OS/c27-19-10-12-20(13-11-19)30-26(35)34-15-14-33(16-22(34)18-6-2-1-3-7-18)24(29-17-28)32-25-31-21-8-4-5-9-23(21)36-25/h1-13,22H,14-16H2,(H,30,35)(H,29,31,32). The number of halogens is 1. The van der Waals surface area contributed by atoms with Crippen LogP contribution in [-0.2, 0) is 0 Å². The number of fused-ring (bicyclic) bond motifs is 1. The predicted molar refractivity (Wildman–Crippen MR) is 144 cm³/mol. The Labute approximate surface area is 217 Å². The van der Waals surface area contributed by atoms with Gasteiger partial charge in [0.2, 0.25) is 12.2 Å². The van der Waals surface area contributed by atoms with E-state index in [1.165, 1.54) is 11.3 Å². The van der Waals surface area contributed by atoms with Crippen LogP contribution in [0.4, 0.5) is 15.6 Å². The van der Waals surface area contributed by atoms with E-state index in [0.717, 1.165) is 15.8 Å². The Bertz CT molecular complexity index is 1400. The van der Waals surface area contributed by atoms with Gasteiger partial charge < -0.3 is 20.4 Å². The zero-order valence-electron chi connectivity index (χ0n) is 19.1. The number of carbonyl (C=O) groups is 1. The van der Waals surface area contributed by atoms with Crippen molar-refractivity contribution in [2.24, 2.45) is 4.99 Å². The van der Waals surface area contributed by atoms with Gasteiger partial charge in [0, 0.05) is 30.3 Å². The second-order valence-corrected chi connectivity index (χ2v) is 9.62. The van der Waals surface area contributed by atoms with E-state index in [0.29, 0.717) is 41.4 Å². The molecule has 3 aromatic carbocycles. The number of thiazole rings is 1. The van der Waals surface area contributed by atoms with Crippen LogP contribution in [0.3, 0.4) is 0 Å². The van der Waals surface area contributed by atoms with Crippen molar-refractivity contribution >= 4 is 56.0 Å². The third-order valence-electron chi connectivity index (χ3n) is 5.89. The summed E-state index contributed by atoms with van der Waals surface area (Å²) in [5, 5.41) is 16.8. The number of nitrogens with zero attached hydrogens (tertiary/aromatic N) is 5. The van der Waals surface area contributed by atoms with Crippen LogP contribution >= 0.6 is 22.9 Å². The molecule has 10 heteroatoms. The number of amides is 2. The summed E-state index contributed by atoms with van der Waals surface area (Å²) in [6, 6.07) is 24.3. The highest BCUT2D eigenvalue weighted by atomic mass is 35.5. The zero-order chi connectivity index (χ0) is 24.9. The highest BCUT2D eigenvalue weighted by Gasteiger charge is 2.33. The molecule has 1 aliphatic rings. The summed E-state index contributed by atoms with van der Waals surface area (Å²) >= 11 is 7.48. The normalized spacial score (nSPS) is 16.0. The van der Waals surface area contributed by atoms with E-state index >= 15 is 0 Å². The first-order chi connectivity index (χ1) is 17.6. The molecule has 1 aromatic heterocycles. The Morgan fingerprint density at radius 2 is 1.78 bits per heavy atom. The molecule has 4 aromatic rings. The summed E-state index contributed by atoms with van der Waals surface area (Å²) in [5.74, 6) is 0.412. The number of hydrogen-bond donors (Lipinski definition) is 2. The van der Waals surface area contributed by atoms with Crippen molar-refractivity contribution in [3.05, 3.63) is 89.4 Å². The molecule has 2 N–H and O–H groups in total. The van der Waals surface area contributed by atoms with Crippen molar-refractivity contribution < 1.29 is 4.79 Å². The van der Waals surface area contributed by atoms with E-state index in [1.54, 1.807) is 24.3 Å². The molecule has 0 radical (unpaired) electrons. The van der Waals surface area contributed by atoms with Gasteiger partial charge in [0.15, 0.2) is 5.13 Å². The quantitative estimate of drug-likeness (QED) is 0.204. The minimum atomic E-state index is -0.256. The van der Waals surface area contributed by atoms with Gasteiger partial charge in [-0.3, -0.25) is 0 Å². The number of guanidine groups is 1. The second kappa shape index (κ2) is 10.6. The Morgan fingerprint density at radius 1 is 1.03 bits per heavy atom. The number of rotatable bonds is 3. The molecule has 36 heavy (non-hydrogen) atoms. The van der Waals surface area contributed by atoms with Crippen LogP contribution in [0.1, 0.15) is 11.6 Å². The molecule has 2 amide bonds. The van der Waals surface area contributed by atoms with E-state index in [9.17, 15) is 10.1 Å². The first kappa shape index (κ1) is 23.6. The van der Waals surface area contributed by atoms with Gasteiger partial charge in [0.1, 0.15) is 0 Å². The van der Waals surface area contributed by atoms with Gasteiger partial charge in [-0.25, -0.2) is 9.78 Å². The molecule has 1 atom stereocenters. The van der Waals surface area contributed by atoms with Crippen molar-refractivity contribution in [2.75, 3.05) is 30.3 Å². The molecular weight excluding hydrogens is 494 g/mol. The molecule has 1 unspecified atom stereocenters. The zero-order valence-corrected chi connectivity index (χ0v) is 20.7. The van der Waals surface area contributed by atoms with E-state index < -0.39 is 0 Å². The molecule has 180 valence electrons. The van der Waals surface area contributed by atoms with Crippen LogP contribution < -0.4 is 10.6 Å². The number of benzene rings is 3. The molecule has 1 fully saturated rings. The Hall–Kier alpha value is -4.13. The van der Waals surface area contributed by atoms with Crippen molar-refractivity contribution in [1.82, 2.24) is 14.8 Å². The summed E-state index contributed by atoms with van der Waals surface area (Å²) < 4.78 is 1.04. The van der Waals surface area contributed by atoms with E-state index in [-0.39, 0.29) is 12.1 Å². The number of nitriles is 1. The summed E-state index contributed by atoms with van der Waals surface area (Å²) in [7, 11) is 0. The van der Waals surface area contributed by atoms with Crippen molar-refractivity contribution in [2.45, 2.75) is 6.04 Å². The molecular formula is C26H22ClN7OS. The van der Waals surface area contributed by atoms with Crippen LogP contribution in [0.2, 0.25) is 5.02 Å². The first-order valence-electron chi connectivity index (χ1n) is 11.3. The third kappa shape index (κ3) is 5.25. The molecule has 1 saturated heterocycles. The summed E-state index contributed by atoms with van der Waals surface area (Å²) in [6.07, 6.45) is 1.90. The van der Waals surface area contributed by atoms with E-state index in [4.69, 9.17) is 11.6 Å². The minimum Gasteiger partial charge on any atom is -0.338 e. The van der Waals surface area contributed by atoms with Gasteiger partial charge in [0.25, 0.3) is 0 Å². The molecule has 1 aliphatic heterocycles. The summed E-state index contributed by atoms with van der Waals surface area (Å²) in [5.41, 5.74) is 2.54. The number of nitrogens with one attached hydrogen (secondary N) is 2. The van der Waals surface area contributed by atoms with Crippen LogP contribution in [0, 0.1) is 11.5 Å². The lowest BCUT2D eigenvalue weighted by atomic mass is 10.0. The fourth-order valence-corrected chi connectivity index (χ4v) is 5.14. The molecule has 5 rings (SSSR count). The largest absolute Gasteiger partial charge is 0.338 e. The van der Waals surface area contributed by atoms with Gasteiger partial charge in [-0.05, 0) is 42.0 Å². The fraction of sp³-hybridized carbons (Fsp3) is 0.154. The topological polar surface area (TPSA) is 96.7 Å². The predicted octanol–water partition coefficient (Wildman–Crippen LogP) is 5.79. The van der Waals surface area contributed by atoms with E-state index in [2.05, 4.69) is 20.6 Å². The Balaban J connectivity index is 1.38. The van der Waals surface area contributed by atoms with Gasteiger partial charge in [-0.15, -0.1) is 4.99 Å². The maximum Gasteiger partial charge on any atom is 0.322 e. The maximum atomic E-state index is 13.3. The van der Waals surface area contributed by atoms with Crippen molar-refractivity contribution in [3.63, 3.8) is 0 Å². The van der Waals surface area contributed by atoms with Crippen molar-refractivity contribution in [3.8, 4) is 6.19 Å². The Morgan fingerprint density at radius 3 is 2.53 bits per heavy atom. The van der Waals surface area contributed by atoms with Gasteiger partial charge in [-0.2, -0.15) is 5.26 Å². The summed E-state index contributed by atoms with van der Waals surface area (Å²) in [6.45, 7) is 1.39. The Kier molecular flexibility index (Phi) is 6.98. The number of para-hydroxylation sites is 1. The maximum absolute atomic E-state index is 13.3. The van der Waals surface area contributed by atoms with E-state index in [1.807, 2.05) is 70.6 Å². The lowest BCUT2D eigenvalue weighted by molar-refractivity contribution is 0.136. The number of anilines is 2. The highest BCUT2D eigenvalue weighted by Crippen LogP contribution is 2.29. The molecule has 8 nitrogen and oxygen atoms in total. The first-order valence-corrected chi connectivity index (χ1v) is 12.5. The number of urea groups is 1. The number of aliphatic imine (C=N–C) groups is 1. The number of piperazine rings is 1. The van der Waals surface area contributed by atoms with Crippen LogP contribution in [0.15, 0.2) is 83.9 Å². The van der Waals surface area contributed by atoms with Gasteiger partial charge in [0.05, 0.1) is 16.3 Å². The van der Waals surface area contributed by atoms with Crippen LogP contribution in [0.25, 0.3) is 10.2 Å². The lowest BCUT2D eigenvalue weighted by Crippen LogP contribution is -2.54. The van der Waals surface area contributed by atoms with Gasteiger partial charge in [-0.1, -0.05) is 65.4 Å². The lowest BCUT2D eigenvalue weighted by Gasteiger charge is -2.42. The minimum absolute atomic E-state index is 0.205. The van der Waals surface area contributed by atoms with Crippen LogP contribution in [0.5, 0.6) is 0 Å². The number of aromatic nitrogens is 1. The molecule has 0 spiro atoms.